The highest BCUT2D eigenvalue weighted by Crippen LogP contribution is 2.27. The number of amides is 2. The Hall–Kier alpha value is -2.32. The molecule has 0 saturated carbocycles. The van der Waals surface area contributed by atoms with E-state index in [-0.39, 0.29) is 46.4 Å². The maximum atomic E-state index is 12.8. The van der Waals surface area contributed by atoms with Gasteiger partial charge in [-0.15, -0.1) is 12.4 Å². The van der Waals surface area contributed by atoms with Crippen LogP contribution in [0.25, 0.3) is 5.65 Å². The van der Waals surface area contributed by atoms with Crippen molar-refractivity contribution >= 4 is 58.8 Å². The van der Waals surface area contributed by atoms with Gasteiger partial charge in [-0.1, -0.05) is 29.3 Å². The highest BCUT2D eigenvalue weighted by Gasteiger charge is 2.20. The lowest BCUT2D eigenvalue weighted by Gasteiger charge is -2.11. The lowest BCUT2D eigenvalue weighted by molar-refractivity contribution is -0.121. The van der Waals surface area contributed by atoms with Crippen molar-refractivity contribution in [3.8, 4) is 0 Å². The molecule has 1 aromatic carbocycles. The van der Waals surface area contributed by atoms with Gasteiger partial charge in [0.05, 0.1) is 45.2 Å². The zero-order chi connectivity index (χ0) is 22.0. The van der Waals surface area contributed by atoms with Crippen LogP contribution < -0.4 is 10.6 Å². The number of hydrogen-bond acceptors (Lipinski definition) is 4. The highest BCUT2D eigenvalue weighted by molar-refractivity contribution is 6.40. The molecule has 0 bridgehead atoms. The fraction of sp³-hybridized carbons (Fsp3) is 0.318. The molecule has 4 rings (SSSR count). The molecule has 2 N–H and O–H groups in total. The van der Waals surface area contributed by atoms with Crippen LogP contribution in [0.5, 0.6) is 0 Å². The molecular weight excluding hydrogens is 475 g/mol. The Morgan fingerprint density at radius 2 is 1.97 bits per heavy atom. The zero-order valence-electron chi connectivity index (χ0n) is 17.4. The molecule has 170 valence electrons. The van der Waals surface area contributed by atoms with E-state index in [2.05, 4.69) is 15.6 Å². The first-order valence-corrected chi connectivity index (χ1v) is 10.8. The van der Waals surface area contributed by atoms with Crippen LogP contribution in [0.2, 0.25) is 10.0 Å². The lowest BCUT2D eigenvalue weighted by Crippen LogP contribution is -2.33. The van der Waals surface area contributed by atoms with Crippen LogP contribution >= 0.6 is 35.6 Å². The van der Waals surface area contributed by atoms with Gasteiger partial charge < -0.3 is 19.8 Å². The topological polar surface area (TPSA) is 84.7 Å². The number of carbonyl (C=O) groups excluding carboxylic acids is 2. The van der Waals surface area contributed by atoms with E-state index < -0.39 is 5.91 Å². The molecule has 10 heteroatoms. The Bertz CT molecular complexity index is 1120. The normalized spacial score (nSPS) is 15.4. The van der Waals surface area contributed by atoms with Crippen molar-refractivity contribution in [1.82, 2.24) is 14.7 Å². The van der Waals surface area contributed by atoms with Crippen LogP contribution in [-0.2, 0) is 16.0 Å². The van der Waals surface area contributed by atoms with Crippen LogP contribution in [0.15, 0.2) is 36.5 Å². The van der Waals surface area contributed by atoms with Gasteiger partial charge in [0.2, 0.25) is 5.91 Å². The second-order valence-corrected chi connectivity index (χ2v) is 8.24. The number of pyridine rings is 1. The summed E-state index contributed by atoms with van der Waals surface area (Å²) in [6.45, 7) is 3.10. The zero-order valence-corrected chi connectivity index (χ0v) is 19.7. The summed E-state index contributed by atoms with van der Waals surface area (Å²) in [6.07, 6.45) is 4.07. The number of nitrogens with zero attached hydrogens (tertiary/aromatic N) is 2. The lowest BCUT2D eigenvalue weighted by atomic mass is 10.2. The fourth-order valence-electron chi connectivity index (χ4n) is 3.69. The van der Waals surface area contributed by atoms with E-state index in [0.29, 0.717) is 23.6 Å². The molecule has 1 saturated heterocycles. The molecular formula is C22H23Cl3N4O3. The maximum absolute atomic E-state index is 12.8. The maximum Gasteiger partial charge on any atom is 0.258 e. The summed E-state index contributed by atoms with van der Waals surface area (Å²) in [5.41, 5.74) is 2.71. The summed E-state index contributed by atoms with van der Waals surface area (Å²) >= 11 is 12.3. The average Bonchev–Trinajstić information content (AvgIpc) is 3.35. The molecule has 0 spiro atoms. The van der Waals surface area contributed by atoms with Crippen LogP contribution in [0.3, 0.4) is 0 Å². The highest BCUT2D eigenvalue weighted by atomic mass is 35.5. The number of benzene rings is 1. The van der Waals surface area contributed by atoms with Gasteiger partial charge in [-0.2, -0.15) is 0 Å². The monoisotopic (exact) mass is 496 g/mol. The van der Waals surface area contributed by atoms with Gasteiger partial charge in [0.15, 0.2) is 5.65 Å². The molecule has 1 fully saturated rings. The van der Waals surface area contributed by atoms with Crippen molar-refractivity contribution in [2.45, 2.75) is 32.3 Å². The summed E-state index contributed by atoms with van der Waals surface area (Å²) in [5.74, 6) is -0.530. The van der Waals surface area contributed by atoms with E-state index in [0.717, 1.165) is 25.1 Å². The SMILES string of the molecule is Cc1nc2c(NC(=O)c3c(Cl)cccc3Cl)cccn2c1CC(=O)NCC1CCCO1.Cl. The molecule has 2 amide bonds. The molecule has 3 heterocycles. The van der Waals surface area contributed by atoms with Crippen molar-refractivity contribution in [2.75, 3.05) is 18.5 Å². The molecule has 1 unspecified atom stereocenters. The number of anilines is 1. The Labute approximate surface area is 201 Å². The van der Waals surface area contributed by atoms with E-state index in [9.17, 15) is 9.59 Å². The molecule has 0 radical (unpaired) electrons. The van der Waals surface area contributed by atoms with E-state index in [4.69, 9.17) is 27.9 Å². The molecule has 2 aromatic heterocycles. The van der Waals surface area contributed by atoms with Crippen molar-refractivity contribution in [3.63, 3.8) is 0 Å². The second kappa shape index (κ2) is 10.5. The number of carbonyl (C=O) groups is 2. The molecule has 1 atom stereocenters. The number of aromatic nitrogens is 2. The molecule has 32 heavy (non-hydrogen) atoms. The number of imidazole rings is 1. The minimum atomic E-state index is -0.430. The van der Waals surface area contributed by atoms with E-state index >= 15 is 0 Å². The van der Waals surface area contributed by atoms with Crippen LogP contribution in [-0.4, -0.2) is 40.5 Å². The summed E-state index contributed by atoms with van der Waals surface area (Å²) < 4.78 is 7.36. The van der Waals surface area contributed by atoms with Crippen molar-refractivity contribution in [3.05, 3.63) is 63.5 Å². The first kappa shape index (κ1) is 24.3. The molecule has 1 aliphatic heterocycles. The van der Waals surface area contributed by atoms with E-state index in [1.165, 1.54) is 0 Å². The van der Waals surface area contributed by atoms with Crippen molar-refractivity contribution in [2.24, 2.45) is 0 Å². The Kier molecular flexibility index (Phi) is 8.00. The van der Waals surface area contributed by atoms with Gasteiger partial charge in [-0.3, -0.25) is 9.59 Å². The van der Waals surface area contributed by atoms with E-state index in [1.54, 1.807) is 30.3 Å². The molecule has 0 aliphatic carbocycles. The summed E-state index contributed by atoms with van der Waals surface area (Å²) in [4.78, 5) is 29.8. The summed E-state index contributed by atoms with van der Waals surface area (Å²) in [6, 6.07) is 8.42. The first-order chi connectivity index (χ1) is 14.9. The molecule has 7 nitrogen and oxygen atoms in total. The Morgan fingerprint density at radius 1 is 1.22 bits per heavy atom. The van der Waals surface area contributed by atoms with E-state index in [1.807, 2.05) is 17.5 Å². The van der Waals surface area contributed by atoms with Gasteiger partial charge in [-0.05, 0) is 44.0 Å². The average molecular weight is 498 g/mol. The summed E-state index contributed by atoms with van der Waals surface area (Å²) in [7, 11) is 0. The standard InChI is InChI=1S/C22H22Cl2N4O3.ClH/c1-13-18(11-19(29)25-12-14-5-4-10-31-14)28-9-3-8-17(21(28)26-13)27-22(30)20-15(23)6-2-7-16(20)24;/h2-3,6-9,14H,4-5,10-12H2,1H3,(H,25,29)(H,27,30);1H. The fourth-order valence-corrected chi connectivity index (χ4v) is 4.26. The Balaban J connectivity index is 0.00000289. The quantitative estimate of drug-likeness (QED) is 0.526. The van der Waals surface area contributed by atoms with Gasteiger partial charge in [0, 0.05) is 19.3 Å². The van der Waals surface area contributed by atoms with Crippen LogP contribution in [0.1, 0.15) is 34.6 Å². The van der Waals surface area contributed by atoms with Crippen LogP contribution in [0, 0.1) is 6.92 Å². The Morgan fingerprint density at radius 3 is 2.66 bits per heavy atom. The smallest absolute Gasteiger partial charge is 0.258 e. The van der Waals surface area contributed by atoms with Gasteiger partial charge >= 0.3 is 0 Å². The largest absolute Gasteiger partial charge is 0.376 e. The first-order valence-electron chi connectivity index (χ1n) is 10.0. The third kappa shape index (κ3) is 5.18. The predicted molar refractivity (Wildman–Crippen MR) is 127 cm³/mol. The molecule has 3 aromatic rings. The second-order valence-electron chi connectivity index (χ2n) is 7.43. The minimum absolute atomic E-state index is 0. The third-order valence-electron chi connectivity index (χ3n) is 5.27. The number of hydrogen-bond donors (Lipinski definition) is 2. The van der Waals surface area contributed by atoms with Crippen molar-refractivity contribution < 1.29 is 14.3 Å². The van der Waals surface area contributed by atoms with Crippen molar-refractivity contribution in [1.29, 1.82) is 0 Å². The number of nitrogens with one attached hydrogen (secondary N) is 2. The predicted octanol–water partition coefficient (Wildman–Crippen LogP) is 4.46. The number of rotatable bonds is 6. The van der Waals surface area contributed by atoms with Gasteiger partial charge in [0.25, 0.3) is 5.91 Å². The number of halogens is 3. The van der Waals surface area contributed by atoms with Gasteiger partial charge in [0.1, 0.15) is 0 Å². The number of aryl methyl sites for hydroxylation is 1. The van der Waals surface area contributed by atoms with Crippen LogP contribution in [0.4, 0.5) is 5.69 Å². The molecule has 1 aliphatic rings. The van der Waals surface area contributed by atoms with Gasteiger partial charge in [-0.25, -0.2) is 4.98 Å². The summed E-state index contributed by atoms with van der Waals surface area (Å²) in [5, 5.41) is 6.29. The third-order valence-corrected chi connectivity index (χ3v) is 5.90. The number of ether oxygens (including phenoxy) is 1. The minimum Gasteiger partial charge on any atom is -0.376 e. The number of fused-ring (bicyclic) bond motifs is 1.